The fourth-order valence-corrected chi connectivity index (χ4v) is 2.77. The highest BCUT2D eigenvalue weighted by atomic mass is 35.5. The Kier molecular flexibility index (Phi) is 3.67. The molecule has 18 heavy (non-hydrogen) atoms. The Hall–Kier alpha value is -1.02. The van der Waals surface area contributed by atoms with Gasteiger partial charge in [-0.05, 0) is 24.5 Å². The molecule has 1 aromatic rings. The van der Waals surface area contributed by atoms with Crippen LogP contribution in [0, 0.1) is 5.41 Å². The third-order valence-electron chi connectivity index (χ3n) is 3.42. The zero-order valence-corrected chi connectivity index (χ0v) is 12.0. The molecule has 1 aliphatic rings. The van der Waals surface area contributed by atoms with Gasteiger partial charge in [-0.2, -0.15) is 0 Å². The molecule has 1 saturated heterocycles. The van der Waals surface area contributed by atoms with Crippen LogP contribution >= 0.6 is 11.6 Å². The zero-order chi connectivity index (χ0) is 13.3. The molecule has 2 rings (SSSR count). The number of rotatable bonds is 1. The molecule has 0 aliphatic carbocycles. The van der Waals surface area contributed by atoms with Crippen molar-refractivity contribution < 1.29 is 4.79 Å². The first-order chi connectivity index (χ1) is 8.41. The molecule has 98 valence electrons. The Morgan fingerprint density at radius 1 is 1.33 bits per heavy atom. The molecule has 3 heteroatoms. The molecule has 0 bridgehead atoms. The summed E-state index contributed by atoms with van der Waals surface area (Å²) in [7, 11) is 0. The van der Waals surface area contributed by atoms with Crippen LogP contribution in [0.5, 0.6) is 0 Å². The lowest BCUT2D eigenvalue weighted by Crippen LogP contribution is -2.39. The van der Waals surface area contributed by atoms with E-state index in [-0.39, 0.29) is 17.4 Å². The fourth-order valence-electron chi connectivity index (χ4n) is 2.51. The lowest BCUT2D eigenvalue weighted by molar-refractivity contribution is -0.140. The van der Waals surface area contributed by atoms with Crippen LogP contribution in [-0.4, -0.2) is 17.4 Å². The van der Waals surface area contributed by atoms with Crippen LogP contribution in [0.25, 0.3) is 0 Å². The van der Waals surface area contributed by atoms with Gasteiger partial charge in [-0.15, -0.1) is 0 Å². The summed E-state index contributed by atoms with van der Waals surface area (Å²) in [6, 6.07) is 7.98. The summed E-state index contributed by atoms with van der Waals surface area (Å²) in [4.78, 5) is 14.4. The normalized spacial score (nSPS) is 20.2. The third kappa shape index (κ3) is 2.54. The van der Waals surface area contributed by atoms with E-state index >= 15 is 0 Å². The van der Waals surface area contributed by atoms with Gasteiger partial charge in [-0.1, -0.05) is 50.6 Å². The molecule has 0 spiro atoms. The molecule has 1 aromatic carbocycles. The second kappa shape index (κ2) is 4.93. The van der Waals surface area contributed by atoms with E-state index in [1.807, 2.05) is 49.9 Å². The van der Waals surface area contributed by atoms with Gasteiger partial charge in [0.05, 0.1) is 6.04 Å². The average molecular weight is 266 g/mol. The van der Waals surface area contributed by atoms with E-state index < -0.39 is 0 Å². The Labute approximate surface area is 114 Å². The molecule has 0 N–H and O–H groups in total. The number of carbonyl (C=O) groups is 1. The van der Waals surface area contributed by atoms with Crippen molar-refractivity contribution in [3.05, 3.63) is 34.9 Å². The van der Waals surface area contributed by atoms with Crippen LogP contribution in [0.1, 0.15) is 45.2 Å². The molecule has 2 nitrogen and oxygen atoms in total. The van der Waals surface area contributed by atoms with E-state index in [1.54, 1.807) is 0 Å². The van der Waals surface area contributed by atoms with E-state index in [1.165, 1.54) is 0 Å². The molecular formula is C15H20ClNO. The molecular weight excluding hydrogens is 246 g/mol. The number of likely N-dealkylation sites (tertiary alicyclic amines) is 1. The van der Waals surface area contributed by atoms with Crippen molar-refractivity contribution in [3.8, 4) is 0 Å². The molecule has 1 aliphatic heterocycles. The van der Waals surface area contributed by atoms with Gasteiger partial charge in [0.1, 0.15) is 0 Å². The molecule has 0 saturated carbocycles. The predicted molar refractivity (Wildman–Crippen MR) is 74.6 cm³/mol. The minimum Gasteiger partial charge on any atom is -0.335 e. The second-order valence-electron chi connectivity index (χ2n) is 5.93. The molecule has 1 atom stereocenters. The standard InChI is InChI=1S/C15H20ClNO/c1-15(2,3)14(18)17-10-6-9-13(17)11-7-4-5-8-12(11)16/h4-5,7-8,13H,6,9-10H2,1-3H3/t13-/m0/s1. The quantitative estimate of drug-likeness (QED) is 0.750. The van der Waals surface area contributed by atoms with Gasteiger partial charge in [0, 0.05) is 17.0 Å². The van der Waals surface area contributed by atoms with E-state index in [0.717, 1.165) is 30.0 Å². The minimum atomic E-state index is -0.330. The van der Waals surface area contributed by atoms with Crippen LogP contribution in [0.4, 0.5) is 0 Å². The second-order valence-corrected chi connectivity index (χ2v) is 6.34. The molecule has 0 unspecified atom stereocenters. The first-order valence-electron chi connectivity index (χ1n) is 6.47. The predicted octanol–water partition coefficient (Wildman–Crippen LogP) is 4.05. The number of nitrogens with zero attached hydrogens (tertiary/aromatic N) is 1. The van der Waals surface area contributed by atoms with E-state index in [2.05, 4.69) is 0 Å². The summed E-state index contributed by atoms with van der Waals surface area (Å²) in [5.41, 5.74) is 0.749. The van der Waals surface area contributed by atoms with E-state index in [0.29, 0.717) is 0 Å². The number of hydrogen-bond donors (Lipinski definition) is 0. The maximum atomic E-state index is 12.4. The zero-order valence-electron chi connectivity index (χ0n) is 11.2. The van der Waals surface area contributed by atoms with Gasteiger partial charge in [0.15, 0.2) is 0 Å². The monoisotopic (exact) mass is 265 g/mol. The Morgan fingerprint density at radius 2 is 2.00 bits per heavy atom. The molecule has 1 amide bonds. The minimum absolute atomic E-state index is 0.144. The number of amides is 1. The van der Waals surface area contributed by atoms with Crippen molar-refractivity contribution in [1.29, 1.82) is 0 Å². The maximum Gasteiger partial charge on any atom is 0.228 e. The van der Waals surface area contributed by atoms with Gasteiger partial charge in [-0.3, -0.25) is 4.79 Å². The smallest absolute Gasteiger partial charge is 0.228 e. The van der Waals surface area contributed by atoms with Gasteiger partial charge in [-0.25, -0.2) is 0 Å². The lowest BCUT2D eigenvalue weighted by Gasteiger charge is -2.31. The van der Waals surface area contributed by atoms with Crippen molar-refractivity contribution in [3.63, 3.8) is 0 Å². The lowest BCUT2D eigenvalue weighted by atomic mass is 9.93. The molecule has 0 radical (unpaired) electrons. The van der Waals surface area contributed by atoms with Crippen molar-refractivity contribution in [1.82, 2.24) is 4.90 Å². The Bertz CT molecular complexity index is 450. The number of carbonyl (C=O) groups excluding carboxylic acids is 1. The first kappa shape index (κ1) is 13.4. The summed E-state index contributed by atoms with van der Waals surface area (Å²) in [6.45, 7) is 6.75. The van der Waals surface area contributed by atoms with E-state index in [4.69, 9.17) is 11.6 Å². The van der Waals surface area contributed by atoms with Crippen molar-refractivity contribution in [2.24, 2.45) is 5.41 Å². The third-order valence-corrected chi connectivity index (χ3v) is 3.76. The highest BCUT2D eigenvalue weighted by Crippen LogP contribution is 2.37. The Morgan fingerprint density at radius 3 is 2.61 bits per heavy atom. The number of halogens is 1. The summed E-state index contributed by atoms with van der Waals surface area (Å²) in [6.07, 6.45) is 2.06. The van der Waals surface area contributed by atoms with Gasteiger partial charge < -0.3 is 4.90 Å². The Balaban J connectivity index is 2.29. The average Bonchev–Trinajstić information content (AvgIpc) is 2.76. The molecule has 1 fully saturated rings. The highest BCUT2D eigenvalue weighted by Gasteiger charge is 2.36. The maximum absolute atomic E-state index is 12.4. The topological polar surface area (TPSA) is 20.3 Å². The number of hydrogen-bond acceptors (Lipinski definition) is 1. The van der Waals surface area contributed by atoms with Crippen LogP contribution in [0.3, 0.4) is 0 Å². The van der Waals surface area contributed by atoms with Crippen LogP contribution in [-0.2, 0) is 4.79 Å². The molecule has 0 aromatic heterocycles. The first-order valence-corrected chi connectivity index (χ1v) is 6.84. The van der Waals surface area contributed by atoms with Gasteiger partial charge >= 0.3 is 0 Å². The molecule has 1 heterocycles. The van der Waals surface area contributed by atoms with Gasteiger partial charge in [0.25, 0.3) is 0 Å². The van der Waals surface area contributed by atoms with Crippen molar-refractivity contribution >= 4 is 17.5 Å². The van der Waals surface area contributed by atoms with Crippen molar-refractivity contribution in [2.45, 2.75) is 39.7 Å². The van der Waals surface area contributed by atoms with Crippen LogP contribution in [0.2, 0.25) is 5.02 Å². The summed E-state index contributed by atoms with van der Waals surface area (Å²) < 4.78 is 0. The highest BCUT2D eigenvalue weighted by molar-refractivity contribution is 6.31. The van der Waals surface area contributed by atoms with Crippen LogP contribution in [0.15, 0.2) is 24.3 Å². The fraction of sp³-hybridized carbons (Fsp3) is 0.533. The van der Waals surface area contributed by atoms with Crippen molar-refractivity contribution in [2.75, 3.05) is 6.54 Å². The largest absolute Gasteiger partial charge is 0.335 e. The summed E-state index contributed by atoms with van der Waals surface area (Å²) in [5.74, 6) is 0.213. The summed E-state index contributed by atoms with van der Waals surface area (Å²) in [5, 5.41) is 0.760. The number of benzene rings is 1. The SMILES string of the molecule is CC(C)(C)C(=O)N1CCC[C@H]1c1ccccc1Cl. The summed E-state index contributed by atoms with van der Waals surface area (Å²) >= 11 is 6.25. The van der Waals surface area contributed by atoms with Gasteiger partial charge in [0.2, 0.25) is 5.91 Å². The van der Waals surface area contributed by atoms with E-state index in [9.17, 15) is 4.79 Å². The van der Waals surface area contributed by atoms with Crippen LogP contribution < -0.4 is 0 Å².